The predicted molar refractivity (Wildman–Crippen MR) is 110 cm³/mol. The minimum absolute atomic E-state index is 0.0120. The lowest BCUT2D eigenvalue weighted by atomic mass is 9.92. The third kappa shape index (κ3) is 4.77. The van der Waals surface area contributed by atoms with Gasteiger partial charge in [-0.25, -0.2) is 0 Å². The van der Waals surface area contributed by atoms with Crippen LogP contribution in [0.1, 0.15) is 30.9 Å². The number of amides is 2. The molecule has 0 aromatic heterocycles. The van der Waals surface area contributed by atoms with Crippen LogP contribution in [0.5, 0.6) is 0 Å². The lowest BCUT2D eigenvalue weighted by Gasteiger charge is -2.30. The van der Waals surface area contributed by atoms with Crippen molar-refractivity contribution in [3.8, 4) is 0 Å². The fraction of sp³-hybridized carbons (Fsp3) is 0.364. The average molecular weight is 380 g/mol. The van der Waals surface area contributed by atoms with Crippen LogP contribution in [-0.2, 0) is 21.7 Å². The van der Waals surface area contributed by atoms with Gasteiger partial charge in [-0.05, 0) is 56.1 Å². The number of rotatable bonds is 6. The maximum Gasteiger partial charge on any atom is 0.248 e. The van der Waals surface area contributed by atoms with Crippen molar-refractivity contribution in [3.63, 3.8) is 0 Å². The van der Waals surface area contributed by atoms with Crippen LogP contribution in [0, 0.1) is 5.92 Å². The largest absolute Gasteiger partial charge is 0.369 e. The maximum atomic E-state index is 12.7. The second-order valence-corrected chi connectivity index (χ2v) is 7.68. The Morgan fingerprint density at radius 1 is 1.11 bits per heavy atom. The summed E-state index contributed by atoms with van der Waals surface area (Å²) in [5, 5.41) is 2.94. The van der Waals surface area contributed by atoms with Crippen LogP contribution in [0.25, 0.3) is 0 Å². The molecule has 1 heterocycles. The molecule has 0 saturated carbocycles. The molecule has 3 rings (SSSR count). The van der Waals surface area contributed by atoms with Gasteiger partial charge < -0.3 is 16.8 Å². The smallest absolute Gasteiger partial charge is 0.248 e. The Morgan fingerprint density at radius 2 is 1.79 bits per heavy atom. The molecule has 1 aliphatic rings. The number of carbonyl (C=O) groups is 2. The zero-order valence-corrected chi connectivity index (χ0v) is 16.2. The van der Waals surface area contributed by atoms with E-state index in [1.807, 2.05) is 54.6 Å². The van der Waals surface area contributed by atoms with E-state index in [4.69, 9.17) is 11.5 Å². The first-order chi connectivity index (χ1) is 13.4. The molecule has 0 spiro atoms. The van der Waals surface area contributed by atoms with E-state index in [-0.39, 0.29) is 17.7 Å². The van der Waals surface area contributed by atoms with Crippen LogP contribution in [0.15, 0.2) is 54.6 Å². The van der Waals surface area contributed by atoms with Crippen molar-refractivity contribution in [1.29, 1.82) is 0 Å². The zero-order chi connectivity index (χ0) is 20.1. The molecule has 0 aliphatic carbocycles. The van der Waals surface area contributed by atoms with Crippen molar-refractivity contribution in [2.45, 2.75) is 31.8 Å². The number of carbonyl (C=O) groups excluding carboxylic acids is 2. The Labute approximate surface area is 165 Å². The highest BCUT2D eigenvalue weighted by Crippen LogP contribution is 2.22. The summed E-state index contributed by atoms with van der Waals surface area (Å²) < 4.78 is 0. The SMILES string of the molecule is CC(N)(C(=O)Nc1cccc(CN2CCC(C(N)=O)CC2)c1)c1ccccc1. The first-order valence-corrected chi connectivity index (χ1v) is 9.63. The standard InChI is InChI=1S/C22H28N4O2/c1-22(24,18-7-3-2-4-8-18)21(28)25-19-9-5-6-16(14-19)15-26-12-10-17(11-13-26)20(23)27/h2-9,14,17H,10-13,15,24H2,1H3,(H2,23,27)(H,25,28). The van der Waals surface area contributed by atoms with Gasteiger partial charge in [0.2, 0.25) is 11.8 Å². The molecule has 5 N–H and O–H groups in total. The van der Waals surface area contributed by atoms with Gasteiger partial charge in [0.05, 0.1) is 0 Å². The molecule has 6 nitrogen and oxygen atoms in total. The number of hydrogen-bond acceptors (Lipinski definition) is 4. The van der Waals surface area contributed by atoms with E-state index < -0.39 is 5.54 Å². The van der Waals surface area contributed by atoms with E-state index in [2.05, 4.69) is 10.2 Å². The molecule has 0 bridgehead atoms. The average Bonchev–Trinajstić information content (AvgIpc) is 2.69. The molecule has 2 aromatic carbocycles. The van der Waals surface area contributed by atoms with Gasteiger partial charge in [-0.2, -0.15) is 0 Å². The van der Waals surface area contributed by atoms with Crippen molar-refractivity contribution >= 4 is 17.5 Å². The minimum atomic E-state index is -1.12. The van der Waals surface area contributed by atoms with Gasteiger partial charge in [-0.1, -0.05) is 42.5 Å². The topological polar surface area (TPSA) is 101 Å². The van der Waals surface area contributed by atoms with Gasteiger partial charge in [0.25, 0.3) is 0 Å². The molecule has 2 amide bonds. The summed E-state index contributed by atoms with van der Waals surface area (Å²) >= 11 is 0. The number of nitrogens with one attached hydrogen (secondary N) is 1. The molecule has 28 heavy (non-hydrogen) atoms. The number of anilines is 1. The summed E-state index contributed by atoms with van der Waals surface area (Å²) in [6, 6.07) is 17.1. The molecule has 1 fully saturated rings. The Kier molecular flexibility index (Phi) is 6.11. The van der Waals surface area contributed by atoms with Crippen LogP contribution in [0.4, 0.5) is 5.69 Å². The van der Waals surface area contributed by atoms with Crippen molar-refractivity contribution < 1.29 is 9.59 Å². The van der Waals surface area contributed by atoms with Crippen LogP contribution < -0.4 is 16.8 Å². The van der Waals surface area contributed by atoms with Crippen LogP contribution >= 0.6 is 0 Å². The fourth-order valence-electron chi connectivity index (χ4n) is 3.56. The first kappa shape index (κ1) is 20.0. The van der Waals surface area contributed by atoms with E-state index in [1.54, 1.807) is 6.92 Å². The summed E-state index contributed by atoms with van der Waals surface area (Å²) in [5.74, 6) is -0.465. The lowest BCUT2D eigenvalue weighted by Crippen LogP contribution is -2.45. The van der Waals surface area contributed by atoms with Gasteiger partial charge in [0, 0.05) is 18.2 Å². The van der Waals surface area contributed by atoms with Crippen molar-refractivity contribution in [2.24, 2.45) is 17.4 Å². The van der Waals surface area contributed by atoms with Crippen LogP contribution in [0.3, 0.4) is 0 Å². The third-order valence-corrected chi connectivity index (χ3v) is 5.43. The number of benzene rings is 2. The summed E-state index contributed by atoms with van der Waals surface area (Å²) in [5.41, 5.74) is 13.2. The summed E-state index contributed by atoms with van der Waals surface area (Å²) in [4.78, 5) is 26.4. The minimum Gasteiger partial charge on any atom is -0.369 e. The zero-order valence-electron chi connectivity index (χ0n) is 16.2. The fourth-order valence-corrected chi connectivity index (χ4v) is 3.56. The summed E-state index contributed by atoms with van der Waals surface area (Å²) in [6.45, 7) is 4.18. The number of piperidine rings is 1. The number of likely N-dealkylation sites (tertiary alicyclic amines) is 1. The quantitative estimate of drug-likeness (QED) is 0.715. The second-order valence-electron chi connectivity index (χ2n) is 7.68. The van der Waals surface area contributed by atoms with E-state index in [0.717, 1.165) is 49.3 Å². The van der Waals surface area contributed by atoms with E-state index >= 15 is 0 Å². The highest BCUT2D eigenvalue weighted by molar-refractivity contribution is 5.98. The third-order valence-electron chi connectivity index (χ3n) is 5.43. The molecular weight excluding hydrogens is 352 g/mol. The van der Waals surface area contributed by atoms with E-state index in [9.17, 15) is 9.59 Å². The van der Waals surface area contributed by atoms with Gasteiger partial charge >= 0.3 is 0 Å². The summed E-state index contributed by atoms with van der Waals surface area (Å²) in [6.07, 6.45) is 1.60. The summed E-state index contributed by atoms with van der Waals surface area (Å²) in [7, 11) is 0. The molecule has 0 radical (unpaired) electrons. The first-order valence-electron chi connectivity index (χ1n) is 9.63. The normalized spacial score (nSPS) is 17.6. The number of nitrogens with two attached hydrogens (primary N) is 2. The highest BCUT2D eigenvalue weighted by Gasteiger charge is 2.30. The predicted octanol–water partition coefficient (Wildman–Crippen LogP) is 2.20. The number of hydrogen-bond donors (Lipinski definition) is 3. The van der Waals surface area contributed by atoms with Crippen LogP contribution in [0.2, 0.25) is 0 Å². The molecule has 1 atom stereocenters. The molecule has 2 aromatic rings. The Morgan fingerprint density at radius 3 is 2.43 bits per heavy atom. The Hall–Kier alpha value is -2.70. The Bertz CT molecular complexity index is 827. The van der Waals surface area contributed by atoms with Gasteiger partial charge in [0.1, 0.15) is 5.54 Å². The van der Waals surface area contributed by atoms with Crippen LogP contribution in [-0.4, -0.2) is 29.8 Å². The number of nitrogens with zero attached hydrogens (tertiary/aromatic N) is 1. The highest BCUT2D eigenvalue weighted by atomic mass is 16.2. The second kappa shape index (κ2) is 8.54. The van der Waals surface area contributed by atoms with E-state index in [1.165, 1.54) is 0 Å². The Balaban J connectivity index is 1.62. The van der Waals surface area contributed by atoms with Gasteiger partial charge in [0.15, 0.2) is 0 Å². The van der Waals surface area contributed by atoms with Gasteiger partial charge in [-0.3, -0.25) is 14.5 Å². The molecule has 1 aliphatic heterocycles. The lowest BCUT2D eigenvalue weighted by molar-refractivity contribution is -0.123. The molecule has 1 unspecified atom stereocenters. The molecule has 6 heteroatoms. The monoisotopic (exact) mass is 380 g/mol. The number of primary amides is 1. The van der Waals surface area contributed by atoms with Crippen molar-refractivity contribution in [1.82, 2.24) is 4.90 Å². The maximum absolute atomic E-state index is 12.7. The molecule has 148 valence electrons. The van der Waals surface area contributed by atoms with Crippen molar-refractivity contribution in [2.75, 3.05) is 18.4 Å². The molecule has 1 saturated heterocycles. The van der Waals surface area contributed by atoms with Gasteiger partial charge in [-0.15, -0.1) is 0 Å². The van der Waals surface area contributed by atoms with E-state index in [0.29, 0.717) is 0 Å². The van der Waals surface area contributed by atoms with Crippen molar-refractivity contribution in [3.05, 3.63) is 65.7 Å². The molecular formula is C22H28N4O2.